The molecule has 0 spiro atoms. The van der Waals surface area contributed by atoms with Crippen LogP contribution in [0.2, 0.25) is 0 Å². The summed E-state index contributed by atoms with van der Waals surface area (Å²) in [5.74, 6) is -2.07. The van der Waals surface area contributed by atoms with Gasteiger partial charge in [-0.05, 0) is 29.8 Å². The molecule has 37 heavy (non-hydrogen) atoms. The number of hydrogen-bond donors (Lipinski definition) is 3. The van der Waals surface area contributed by atoms with E-state index in [1.807, 2.05) is 0 Å². The third kappa shape index (κ3) is 7.11. The monoisotopic (exact) mass is 554 g/mol. The van der Waals surface area contributed by atoms with Crippen molar-refractivity contribution in [2.75, 3.05) is 0 Å². The zero-order valence-corrected chi connectivity index (χ0v) is 24.2. The van der Waals surface area contributed by atoms with Gasteiger partial charge in [0.15, 0.2) is 5.43 Å². The summed E-state index contributed by atoms with van der Waals surface area (Å²) in [6, 6.07) is 8.98. The fourth-order valence-electron chi connectivity index (χ4n) is 3.46. The summed E-state index contributed by atoms with van der Waals surface area (Å²) in [4.78, 5) is 24.0. The second-order valence-electron chi connectivity index (χ2n) is 7.49. The zero-order valence-electron chi connectivity index (χ0n) is 19.3. The van der Waals surface area contributed by atoms with E-state index < -0.39 is 52.5 Å². The normalized spacial score (nSPS) is 23.4. The largest absolute Gasteiger partial charge is 1.00 e. The van der Waals surface area contributed by atoms with E-state index in [0.29, 0.717) is 5.56 Å². The maximum Gasteiger partial charge on any atom is 1.00 e. The maximum absolute atomic E-state index is 12.9. The Hall–Kier alpha value is -1.53. The minimum absolute atomic E-state index is 0. The second-order valence-corrected chi connectivity index (χ2v) is 8.47. The average Bonchev–Trinajstić information content (AvgIpc) is 2.79. The maximum atomic E-state index is 12.9. The molecule has 2 aromatic carbocycles. The Kier molecular flexibility index (Phi) is 10.7. The van der Waals surface area contributed by atoms with Gasteiger partial charge in [0.2, 0.25) is 6.29 Å². The summed E-state index contributed by atoms with van der Waals surface area (Å²) in [5, 5.41) is 40.9. The van der Waals surface area contributed by atoms with E-state index in [-0.39, 0.29) is 87.1 Å². The summed E-state index contributed by atoms with van der Waals surface area (Å²) in [6.45, 7) is 0. The van der Waals surface area contributed by atoms with Gasteiger partial charge in [-0.3, -0.25) is 4.79 Å². The number of rotatable bonds is 6. The molecular formula is C21H16Na2O13S. The molecule has 186 valence electrons. The molecule has 4 rings (SSSR count). The van der Waals surface area contributed by atoms with Crippen molar-refractivity contribution in [2.24, 2.45) is 0 Å². The molecule has 2 heterocycles. The number of ether oxygens (including phenoxy) is 2. The fraction of sp³-hybridized carbons (Fsp3) is 0.238. The molecule has 0 radical (unpaired) electrons. The average molecular weight is 554 g/mol. The molecule has 3 aromatic rings. The van der Waals surface area contributed by atoms with Gasteiger partial charge in [-0.1, -0.05) is 12.1 Å². The van der Waals surface area contributed by atoms with Crippen molar-refractivity contribution in [3.63, 3.8) is 0 Å². The number of carbonyl (C=O) groups excluding carboxylic acids is 1. The van der Waals surface area contributed by atoms with Gasteiger partial charge in [0.1, 0.15) is 47.8 Å². The molecule has 1 aliphatic rings. The van der Waals surface area contributed by atoms with Crippen molar-refractivity contribution in [3.05, 3.63) is 59.0 Å². The number of benzene rings is 2. The van der Waals surface area contributed by atoms with Gasteiger partial charge in [0.25, 0.3) is 10.4 Å². The number of aliphatic hydroxyl groups is 3. The zero-order chi connectivity index (χ0) is 25.5. The Morgan fingerprint density at radius 2 is 1.57 bits per heavy atom. The van der Waals surface area contributed by atoms with Crippen molar-refractivity contribution < 1.29 is 115 Å². The molecule has 1 aromatic heterocycles. The Labute approximate surface area is 253 Å². The van der Waals surface area contributed by atoms with Crippen LogP contribution in [-0.4, -0.2) is 65.0 Å². The first-order valence-corrected chi connectivity index (χ1v) is 11.2. The Bertz CT molecular complexity index is 1420. The van der Waals surface area contributed by atoms with E-state index in [2.05, 4.69) is 4.18 Å². The van der Waals surface area contributed by atoms with Gasteiger partial charge < -0.3 is 47.8 Å². The number of carboxylic acid groups (broad SMARTS) is 1. The van der Waals surface area contributed by atoms with Gasteiger partial charge >= 0.3 is 59.1 Å². The van der Waals surface area contributed by atoms with Gasteiger partial charge in [0.05, 0.1) is 16.9 Å². The summed E-state index contributed by atoms with van der Waals surface area (Å²) < 4.78 is 52.1. The number of fused-ring (bicyclic) bond motifs is 1. The fourth-order valence-corrected chi connectivity index (χ4v) is 3.81. The van der Waals surface area contributed by atoms with Crippen LogP contribution in [0.3, 0.4) is 0 Å². The van der Waals surface area contributed by atoms with Gasteiger partial charge in [0, 0.05) is 6.07 Å². The molecule has 5 atom stereocenters. The molecule has 0 bridgehead atoms. The number of aliphatic hydroxyl groups excluding tert-OH is 3. The molecular weight excluding hydrogens is 538 g/mol. The quantitative estimate of drug-likeness (QED) is 0.147. The van der Waals surface area contributed by atoms with Gasteiger partial charge in [-0.2, -0.15) is 0 Å². The summed E-state index contributed by atoms with van der Waals surface area (Å²) in [6.07, 6.45) is -8.12. The Morgan fingerprint density at radius 1 is 0.946 bits per heavy atom. The van der Waals surface area contributed by atoms with Crippen LogP contribution >= 0.6 is 0 Å². The molecule has 0 aliphatic carbocycles. The third-order valence-corrected chi connectivity index (χ3v) is 5.56. The van der Waals surface area contributed by atoms with Crippen LogP contribution in [0.1, 0.15) is 0 Å². The Morgan fingerprint density at radius 3 is 2.16 bits per heavy atom. The van der Waals surface area contributed by atoms with Crippen molar-refractivity contribution in [2.45, 2.75) is 30.7 Å². The number of aliphatic carboxylic acids is 1. The molecule has 1 fully saturated rings. The predicted octanol–water partition coefficient (Wildman–Crippen LogP) is -7.76. The first-order chi connectivity index (χ1) is 16.4. The minimum atomic E-state index is -4.95. The first-order valence-electron chi connectivity index (χ1n) is 9.83. The van der Waals surface area contributed by atoms with Crippen molar-refractivity contribution in [1.82, 2.24) is 0 Å². The molecule has 0 amide bonds. The standard InChI is InChI=1S/C21H18O13S.2Na/c22-15-12-6-5-11(32-21-18(25)16(23)17(24)19(33-21)20(26)27)7-14(12)31-8-13(15)9-1-3-10(4-2-9)34-35(28,29)30;;/h1-8,16-19,21,23-25H,(H,26,27)(H,28,29,30);;/q;2*+1/p-2. The van der Waals surface area contributed by atoms with E-state index in [4.69, 9.17) is 13.9 Å². The predicted molar refractivity (Wildman–Crippen MR) is 111 cm³/mol. The van der Waals surface area contributed by atoms with Crippen LogP contribution in [0.5, 0.6) is 11.5 Å². The van der Waals surface area contributed by atoms with Crippen LogP contribution in [0.4, 0.5) is 0 Å². The number of carboxylic acids is 1. The van der Waals surface area contributed by atoms with E-state index >= 15 is 0 Å². The molecule has 16 heteroatoms. The topological polar surface area (TPSA) is 216 Å². The third-order valence-electron chi connectivity index (χ3n) is 5.16. The summed E-state index contributed by atoms with van der Waals surface area (Å²) >= 11 is 0. The minimum Gasteiger partial charge on any atom is -0.716 e. The summed E-state index contributed by atoms with van der Waals surface area (Å²) in [5.41, 5.74) is 0.0438. The molecule has 3 N–H and O–H groups in total. The van der Waals surface area contributed by atoms with Crippen LogP contribution in [0.15, 0.2) is 57.9 Å². The molecule has 5 unspecified atom stereocenters. The summed E-state index contributed by atoms with van der Waals surface area (Å²) in [7, 11) is -4.95. The molecule has 1 aliphatic heterocycles. The second kappa shape index (κ2) is 12.5. The van der Waals surface area contributed by atoms with Crippen molar-refractivity contribution >= 4 is 27.3 Å². The van der Waals surface area contributed by atoms with Gasteiger partial charge in [-0.25, -0.2) is 8.42 Å². The molecule has 1 saturated heterocycles. The van der Waals surface area contributed by atoms with Crippen LogP contribution in [-0.2, 0) is 19.9 Å². The van der Waals surface area contributed by atoms with E-state index in [9.17, 15) is 43.0 Å². The van der Waals surface area contributed by atoms with Crippen molar-refractivity contribution in [1.29, 1.82) is 0 Å². The smallest absolute Gasteiger partial charge is 0.716 e. The van der Waals surface area contributed by atoms with E-state index in [1.165, 1.54) is 42.5 Å². The first kappa shape index (κ1) is 31.7. The van der Waals surface area contributed by atoms with Crippen LogP contribution < -0.4 is 78.6 Å². The van der Waals surface area contributed by atoms with E-state index in [1.54, 1.807) is 0 Å². The molecule has 13 nitrogen and oxygen atoms in total. The van der Waals surface area contributed by atoms with E-state index in [0.717, 1.165) is 6.26 Å². The number of carbonyl (C=O) groups is 1. The van der Waals surface area contributed by atoms with Crippen LogP contribution in [0, 0.1) is 0 Å². The Balaban J connectivity index is 0.00000241. The van der Waals surface area contributed by atoms with Crippen molar-refractivity contribution in [3.8, 4) is 22.6 Å². The van der Waals surface area contributed by atoms with Gasteiger partial charge in [-0.15, -0.1) is 0 Å². The number of hydrogen-bond acceptors (Lipinski definition) is 13. The molecule has 0 saturated carbocycles. The SMILES string of the molecule is O=C([O-])C1OC(Oc2ccc3c(=O)c(-c4ccc(OS(=O)(=O)[O-])cc4)coc3c2)C(O)C(O)C1O.[Na+].[Na+]. The van der Waals surface area contributed by atoms with Crippen LogP contribution in [0.25, 0.3) is 22.1 Å².